The smallest absolute Gasteiger partial charge is 0.236 e. The molecule has 0 heterocycles. The van der Waals surface area contributed by atoms with Gasteiger partial charge in [-0.1, -0.05) is 0 Å². The normalized spacial score (nSPS) is 11.8. The topological polar surface area (TPSA) is 120 Å². The van der Waals surface area contributed by atoms with Crippen molar-refractivity contribution < 1.29 is 4.79 Å². The Bertz CT molecular complexity index is 175. The third-order valence-corrected chi connectivity index (χ3v) is 1.32. The fourth-order valence-corrected chi connectivity index (χ4v) is 0.649. The molecule has 7 N–H and O–H groups in total. The van der Waals surface area contributed by atoms with Crippen LogP contribution in [-0.2, 0) is 4.79 Å². The SMILES string of the molecule is CNC(=O)C(N)CCN=C(N)N. The molecule has 0 aliphatic rings. The molecule has 0 radical (unpaired) electrons. The van der Waals surface area contributed by atoms with Gasteiger partial charge in [-0.25, -0.2) is 0 Å². The molecule has 0 spiro atoms. The lowest BCUT2D eigenvalue weighted by molar-refractivity contribution is -0.121. The number of guanidine groups is 1. The van der Waals surface area contributed by atoms with Gasteiger partial charge in [0, 0.05) is 13.6 Å². The maximum atomic E-state index is 10.8. The molecule has 1 amide bonds. The zero-order valence-corrected chi connectivity index (χ0v) is 7.08. The first-order chi connectivity index (χ1) is 5.57. The van der Waals surface area contributed by atoms with Crippen molar-refractivity contribution >= 4 is 11.9 Å². The molecule has 0 rings (SSSR count). The van der Waals surface area contributed by atoms with Crippen LogP contribution in [0.5, 0.6) is 0 Å². The van der Waals surface area contributed by atoms with E-state index in [1.807, 2.05) is 0 Å². The van der Waals surface area contributed by atoms with Crippen LogP contribution in [0.1, 0.15) is 6.42 Å². The van der Waals surface area contributed by atoms with Gasteiger partial charge in [-0.3, -0.25) is 9.79 Å². The van der Waals surface area contributed by atoms with E-state index in [0.29, 0.717) is 13.0 Å². The second kappa shape index (κ2) is 5.36. The lowest BCUT2D eigenvalue weighted by Crippen LogP contribution is -2.39. The largest absolute Gasteiger partial charge is 0.370 e. The summed E-state index contributed by atoms with van der Waals surface area (Å²) in [5, 5.41) is 2.43. The Morgan fingerprint density at radius 3 is 2.58 bits per heavy atom. The van der Waals surface area contributed by atoms with Crippen LogP contribution in [0.2, 0.25) is 0 Å². The minimum atomic E-state index is -0.543. The summed E-state index contributed by atoms with van der Waals surface area (Å²) in [6, 6.07) is -0.543. The first-order valence-corrected chi connectivity index (χ1v) is 3.60. The van der Waals surface area contributed by atoms with E-state index < -0.39 is 6.04 Å². The van der Waals surface area contributed by atoms with Gasteiger partial charge in [0.25, 0.3) is 0 Å². The summed E-state index contributed by atoms with van der Waals surface area (Å²) in [5.74, 6) is -0.195. The highest BCUT2D eigenvalue weighted by Gasteiger charge is 2.09. The van der Waals surface area contributed by atoms with Crippen molar-refractivity contribution in [3.8, 4) is 0 Å². The average molecular weight is 173 g/mol. The van der Waals surface area contributed by atoms with Crippen LogP contribution < -0.4 is 22.5 Å². The third-order valence-electron chi connectivity index (χ3n) is 1.32. The molecule has 1 atom stereocenters. The Kier molecular flexibility index (Phi) is 4.78. The minimum absolute atomic E-state index is 0.0131. The first-order valence-electron chi connectivity index (χ1n) is 3.60. The van der Waals surface area contributed by atoms with Gasteiger partial charge in [0.05, 0.1) is 6.04 Å². The summed E-state index contributed by atoms with van der Waals surface area (Å²) in [7, 11) is 1.53. The number of carbonyl (C=O) groups excluding carboxylic acids is 1. The molecule has 0 saturated heterocycles. The highest BCUT2D eigenvalue weighted by molar-refractivity contribution is 5.81. The van der Waals surface area contributed by atoms with Crippen molar-refractivity contribution in [1.82, 2.24) is 5.32 Å². The second-order valence-electron chi connectivity index (χ2n) is 2.32. The average Bonchev–Trinajstić information content (AvgIpc) is 2.02. The Morgan fingerprint density at radius 2 is 2.17 bits per heavy atom. The predicted molar refractivity (Wildman–Crippen MR) is 47.3 cm³/mol. The molecule has 0 saturated carbocycles. The molecule has 0 aromatic heterocycles. The van der Waals surface area contributed by atoms with E-state index in [9.17, 15) is 4.79 Å². The molecule has 0 bridgehead atoms. The van der Waals surface area contributed by atoms with E-state index >= 15 is 0 Å². The van der Waals surface area contributed by atoms with Crippen LogP contribution in [0.15, 0.2) is 4.99 Å². The molecule has 0 aromatic carbocycles. The van der Waals surface area contributed by atoms with Gasteiger partial charge < -0.3 is 22.5 Å². The summed E-state index contributed by atoms with van der Waals surface area (Å²) in [6.07, 6.45) is 0.442. The van der Waals surface area contributed by atoms with E-state index in [4.69, 9.17) is 17.2 Å². The third kappa shape index (κ3) is 4.51. The predicted octanol–water partition coefficient (Wildman–Crippen LogP) is -2.28. The molecular weight excluding hydrogens is 158 g/mol. The van der Waals surface area contributed by atoms with Gasteiger partial charge >= 0.3 is 0 Å². The number of carbonyl (C=O) groups is 1. The zero-order chi connectivity index (χ0) is 9.56. The monoisotopic (exact) mass is 173 g/mol. The van der Waals surface area contributed by atoms with Gasteiger partial charge in [-0.05, 0) is 6.42 Å². The lowest BCUT2D eigenvalue weighted by Gasteiger charge is -2.07. The van der Waals surface area contributed by atoms with Crippen LogP contribution >= 0.6 is 0 Å². The van der Waals surface area contributed by atoms with Crippen LogP contribution in [-0.4, -0.2) is 31.5 Å². The van der Waals surface area contributed by atoms with Crippen LogP contribution in [0.3, 0.4) is 0 Å². The molecule has 70 valence electrons. The molecule has 0 aliphatic carbocycles. The molecule has 1 unspecified atom stereocenters. The lowest BCUT2D eigenvalue weighted by atomic mass is 10.2. The fourth-order valence-electron chi connectivity index (χ4n) is 0.649. The van der Waals surface area contributed by atoms with E-state index in [1.165, 1.54) is 7.05 Å². The maximum Gasteiger partial charge on any atom is 0.236 e. The summed E-state index contributed by atoms with van der Waals surface area (Å²) < 4.78 is 0. The summed E-state index contributed by atoms with van der Waals surface area (Å²) >= 11 is 0. The van der Waals surface area contributed by atoms with Crippen molar-refractivity contribution in [2.75, 3.05) is 13.6 Å². The fraction of sp³-hybridized carbons (Fsp3) is 0.667. The van der Waals surface area contributed by atoms with Crippen molar-refractivity contribution in [2.24, 2.45) is 22.2 Å². The van der Waals surface area contributed by atoms with Gasteiger partial charge in [0.1, 0.15) is 0 Å². The maximum absolute atomic E-state index is 10.8. The number of nitrogens with two attached hydrogens (primary N) is 3. The quantitative estimate of drug-likeness (QED) is 0.283. The van der Waals surface area contributed by atoms with Crippen molar-refractivity contribution in [3.05, 3.63) is 0 Å². The molecule has 0 fully saturated rings. The molecule has 12 heavy (non-hydrogen) atoms. The standard InChI is InChI=1S/C6H15N5O/c1-10-5(12)4(7)2-3-11-6(8)9/h4H,2-3,7H2,1H3,(H,10,12)(H4,8,9,11). The highest BCUT2D eigenvalue weighted by Crippen LogP contribution is 1.88. The number of aliphatic imine (C=N–C) groups is 1. The molecule has 6 heteroatoms. The van der Waals surface area contributed by atoms with Crippen LogP contribution in [0.25, 0.3) is 0 Å². The van der Waals surface area contributed by atoms with Crippen LogP contribution in [0.4, 0.5) is 0 Å². The minimum Gasteiger partial charge on any atom is -0.370 e. The number of nitrogens with one attached hydrogen (secondary N) is 1. The van der Waals surface area contributed by atoms with E-state index in [1.54, 1.807) is 0 Å². The number of hydrogen-bond acceptors (Lipinski definition) is 3. The van der Waals surface area contributed by atoms with Crippen LogP contribution in [0, 0.1) is 0 Å². The molecular formula is C6H15N5O. The van der Waals surface area contributed by atoms with Crippen molar-refractivity contribution in [1.29, 1.82) is 0 Å². The van der Waals surface area contributed by atoms with Gasteiger partial charge in [-0.2, -0.15) is 0 Å². The number of nitrogens with zero attached hydrogens (tertiary/aromatic N) is 1. The van der Waals surface area contributed by atoms with Crippen molar-refractivity contribution in [2.45, 2.75) is 12.5 Å². The second-order valence-corrected chi connectivity index (χ2v) is 2.32. The summed E-state index contributed by atoms with van der Waals surface area (Å²) in [5.41, 5.74) is 15.6. The molecule has 6 nitrogen and oxygen atoms in total. The van der Waals surface area contributed by atoms with Crippen molar-refractivity contribution in [3.63, 3.8) is 0 Å². The van der Waals surface area contributed by atoms with E-state index in [2.05, 4.69) is 10.3 Å². The van der Waals surface area contributed by atoms with Gasteiger partial charge in [0.2, 0.25) is 5.91 Å². The van der Waals surface area contributed by atoms with Gasteiger partial charge in [0.15, 0.2) is 5.96 Å². The Hall–Kier alpha value is -1.30. The van der Waals surface area contributed by atoms with Gasteiger partial charge in [-0.15, -0.1) is 0 Å². The molecule has 0 aromatic rings. The number of amides is 1. The Labute approximate surface area is 71.2 Å². The van der Waals surface area contributed by atoms with E-state index in [-0.39, 0.29) is 11.9 Å². The summed E-state index contributed by atoms with van der Waals surface area (Å²) in [4.78, 5) is 14.5. The van der Waals surface area contributed by atoms with E-state index in [0.717, 1.165) is 0 Å². The summed E-state index contributed by atoms with van der Waals surface area (Å²) in [6.45, 7) is 0.372. The zero-order valence-electron chi connectivity index (χ0n) is 7.08. The molecule has 0 aliphatic heterocycles. The number of likely N-dealkylation sites (N-methyl/N-ethyl adjacent to an activating group) is 1. The highest BCUT2D eigenvalue weighted by atomic mass is 16.2. The number of hydrogen-bond donors (Lipinski definition) is 4. The number of rotatable bonds is 4. The Morgan fingerprint density at radius 1 is 1.58 bits per heavy atom. The Balaban J connectivity index is 3.64. The first kappa shape index (κ1) is 10.7.